The summed E-state index contributed by atoms with van der Waals surface area (Å²) in [6.45, 7) is 2.42. The van der Waals surface area contributed by atoms with Gasteiger partial charge in [-0.05, 0) is 37.0 Å². The van der Waals surface area contributed by atoms with Crippen molar-refractivity contribution >= 4 is 28.8 Å². The number of rotatable bonds is 7. The van der Waals surface area contributed by atoms with Crippen molar-refractivity contribution in [3.05, 3.63) is 46.5 Å². The number of thioether (sulfide) groups is 1. The highest BCUT2D eigenvalue weighted by Crippen LogP contribution is 2.33. The molecule has 1 atom stereocenters. The maximum atomic E-state index is 13.4. The van der Waals surface area contributed by atoms with E-state index >= 15 is 0 Å². The summed E-state index contributed by atoms with van der Waals surface area (Å²) in [5.41, 5.74) is 1.05. The third-order valence-corrected chi connectivity index (χ3v) is 7.55. The zero-order valence-electron chi connectivity index (χ0n) is 19.0. The maximum absolute atomic E-state index is 13.4. The number of nitrogens with one attached hydrogen (secondary N) is 1. The van der Waals surface area contributed by atoms with Crippen LogP contribution >= 0.6 is 11.8 Å². The standard InChI is InChI=1S/C24H27N5O4S/c1-2-19(22(30)27-16-6-4-3-5-7-16)34-24-28-21-20(25-10-11-26-21)23(31)29(24)13-15-8-9-17-18(12-15)33-14-32-17/h8-12,16,19H,2-7,13-14H2,1H3,(H,27,30)/t19-/m1/s1. The SMILES string of the molecule is CC[C@@H](Sc1nc2nccnc2c(=O)n1Cc1ccc2c(c1)OCO2)C(=O)NC1CCCCC1. The highest BCUT2D eigenvalue weighted by atomic mass is 32.2. The zero-order valence-corrected chi connectivity index (χ0v) is 19.8. The van der Waals surface area contributed by atoms with E-state index in [0.29, 0.717) is 23.1 Å². The maximum Gasteiger partial charge on any atom is 0.282 e. The third kappa shape index (κ3) is 4.72. The van der Waals surface area contributed by atoms with Crippen molar-refractivity contribution in [2.75, 3.05) is 6.79 Å². The molecule has 1 amide bonds. The Morgan fingerprint density at radius 3 is 2.79 bits per heavy atom. The normalized spacial score (nSPS) is 16.5. The summed E-state index contributed by atoms with van der Waals surface area (Å²) in [7, 11) is 0. The van der Waals surface area contributed by atoms with E-state index in [4.69, 9.17) is 9.47 Å². The van der Waals surface area contributed by atoms with E-state index in [1.807, 2.05) is 25.1 Å². The lowest BCUT2D eigenvalue weighted by Gasteiger charge is -2.25. The molecule has 1 aliphatic carbocycles. The summed E-state index contributed by atoms with van der Waals surface area (Å²) in [6.07, 6.45) is 9.17. The summed E-state index contributed by atoms with van der Waals surface area (Å²) in [5, 5.41) is 3.28. The molecule has 9 nitrogen and oxygen atoms in total. The number of fused-ring (bicyclic) bond motifs is 2. The summed E-state index contributed by atoms with van der Waals surface area (Å²) < 4.78 is 12.4. The number of carbonyl (C=O) groups is 1. The Kier molecular flexibility index (Phi) is 6.66. The van der Waals surface area contributed by atoms with Gasteiger partial charge in [0.1, 0.15) is 0 Å². The van der Waals surface area contributed by atoms with Gasteiger partial charge in [-0.15, -0.1) is 0 Å². The van der Waals surface area contributed by atoms with Crippen LogP contribution < -0.4 is 20.3 Å². The second-order valence-corrected chi connectivity index (χ2v) is 9.73. The van der Waals surface area contributed by atoms with Crippen LogP contribution in [-0.2, 0) is 11.3 Å². The van der Waals surface area contributed by atoms with Crippen LogP contribution in [-0.4, -0.2) is 43.5 Å². The topological polar surface area (TPSA) is 108 Å². The van der Waals surface area contributed by atoms with Gasteiger partial charge in [-0.3, -0.25) is 14.2 Å². The quantitative estimate of drug-likeness (QED) is 0.405. The second kappa shape index (κ2) is 10.0. The van der Waals surface area contributed by atoms with Gasteiger partial charge >= 0.3 is 0 Å². The van der Waals surface area contributed by atoms with Crippen LogP contribution in [0.3, 0.4) is 0 Å². The van der Waals surface area contributed by atoms with Crippen LogP contribution in [0.4, 0.5) is 0 Å². The minimum atomic E-state index is -0.369. The molecule has 0 bridgehead atoms. The molecule has 0 unspecified atom stereocenters. The van der Waals surface area contributed by atoms with E-state index in [-0.39, 0.29) is 47.3 Å². The summed E-state index contributed by atoms with van der Waals surface area (Å²) in [6, 6.07) is 5.80. The Hall–Kier alpha value is -3.14. The highest BCUT2D eigenvalue weighted by molar-refractivity contribution is 8.00. The predicted molar refractivity (Wildman–Crippen MR) is 128 cm³/mol. The molecule has 178 valence electrons. The molecule has 1 fully saturated rings. The van der Waals surface area contributed by atoms with E-state index in [9.17, 15) is 9.59 Å². The second-order valence-electron chi connectivity index (χ2n) is 8.56. The van der Waals surface area contributed by atoms with Crippen LogP contribution in [0.1, 0.15) is 51.0 Å². The molecule has 5 rings (SSSR count). The number of nitrogens with zero attached hydrogens (tertiary/aromatic N) is 4. The van der Waals surface area contributed by atoms with Crippen molar-refractivity contribution in [1.82, 2.24) is 24.8 Å². The molecule has 2 aromatic heterocycles. The molecule has 0 saturated heterocycles. The highest BCUT2D eigenvalue weighted by Gasteiger charge is 2.25. The number of hydrogen-bond acceptors (Lipinski definition) is 8. The van der Waals surface area contributed by atoms with Gasteiger partial charge in [-0.25, -0.2) is 15.0 Å². The first-order valence-electron chi connectivity index (χ1n) is 11.7. The van der Waals surface area contributed by atoms with E-state index in [1.165, 1.54) is 30.6 Å². The molecular weight excluding hydrogens is 454 g/mol. The molecule has 10 heteroatoms. The smallest absolute Gasteiger partial charge is 0.282 e. The van der Waals surface area contributed by atoms with Gasteiger partial charge in [0.05, 0.1) is 11.8 Å². The van der Waals surface area contributed by atoms with Crippen molar-refractivity contribution in [2.24, 2.45) is 0 Å². The Morgan fingerprint density at radius 2 is 1.97 bits per heavy atom. The van der Waals surface area contributed by atoms with E-state index in [2.05, 4.69) is 20.3 Å². The summed E-state index contributed by atoms with van der Waals surface area (Å²) in [4.78, 5) is 39.6. The average molecular weight is 482 g/mol. The lowest BCUT2D eigenvalue weighted by molar-refractivity contribution is -0.121. The first-order chi connectivity index (χ1) is 16.6. The summed E-state index contributed by atoms with van der Waals surface area (Å²) in [5.74, 6) is 1.31. The molecule has 0 radical (unpaired) electrons. The Morgan fingerprint density at radius 1 is 1.18 bits per heavy atom. The first-order valence-corrected chi connectivity index (χ1v) is 12.6. The molecule has 1 aromatic carbocycles. The largest absolute Gasteiger partial charge is 0.454 e. The molecule has 1 N–H and O–H groups in total. The Labute approximate surface area is 201 Å². The van der Waals surface area contributed by atoms with Crippen LogP contribution in [0.2, 0.25) is 0 Å². The van der Waals surface area contributed by atoms with Gasteiger partial charge < -0.3 is 14.8 Å². The van der Waals surface area contributed by atoms with Crippen LogP contribution in [0.15, 0.2) is 40.5 Å². The van der Waals surface area contributed by atoms with Crippen molar-refractivity contribution in [2.45, 2.75) is 68.4 Å². The van der Waals surface area contributed by atoms with Gasteiger partial charge in [-0.1, -0.05) is 44.0 Å². The number of benzene rings is 1. The van der Waals surface area contributed by atoms with E-state index < -0.39 is 0 Å². The van der Waals surface area contributed by atoms with Crippen molar-refractivity contribution in [3.8, 4) is 11.5 Å². The van der Waals surface area contributed by atoms with E-state index in [0.717, 1.165) is 31.2 Å². The number of ether oxygens (including phenoxy) is 2. The van der Waals surface area contributed by atoms with Gasteiger partial charge in [0, 0.05) is 18.4 Å². The van der Waals surface area contributed by atoms with Crippen molar-refractivity contribution in [1.29, 1.82) is 0 Å². The zero-order chi connectivity index (χ0) is 23.5. The average Bonchev–Trinajstić information content (AvgIpc) is 3.33. The number of hydrogen-bond donors (Lipinski definition) is 1. The molecule has 1 aliphatic heterocycles. The molecular formula is C24H27N5O4S. The molecule has 3 heterocycles. The molecule has 1 saturated carbocycles. The lowest BCUT2D eigenvalue weighted by atomic mass is 9.95. The minimum Gasteiger partial charge on any atom is -0.454 e. The number of aromatic nitrogens is 4. The Bertz CT molecular complexity index is 1260. The summed E-state index contributed by atoms with van der Waals surface area (Å²) >= 11 is 1.30. The third-order valence-electron chi connectivity index (χ3n) is 6.20. The van der Waals surface area contributed by atoms with Crippen LogP contribution in [0.5, 0.6) is 11.5 Å². The first kappa shape index (κ1) is 22.6. The fourth-order valence-electron chi connectivity index (χ4n) is 4.37. The predicted octanol–water partition coefficient (Wildman–Crippen LogP) is 3.28. The number of amides is 1. The Balaban J connectivity index is 1.46. The molecule has 2 aliphatic rings. The van der Waals surface area contributed by atoms with E-state index in [1.54, 1.807) is 4.57 Å². The fourth-order valence-corrected chi connectivity index (χ4v) is 5.38. The lowest BCUT2D eigenvalue weighted by Crippen LogP contribution is -2.41. The molecule has 0 spiro atoms. The monoisotopic (exact) mass is 481 g/mol. The van der Waals surface area contributed by atoms with Gasteiger partial charge in [0.15, 0.2) is 27.8 Å². The fraction of sp³-hybridized carbons (Fsp3) is 0.458. The van der Waals surface area contributed by atoms with Crippen molar-refractivity contribution < 1.29 is 14.3 Å². The minimum absolute atomic E-state index is 0.0116. The number of carbonyl (C=O) groups excluding carboxylic acids is 1. The molecule has 3 aromatic rings. The van der Waals surface area contributed by atoms with Crippen LogP contribution in [0.25, 0.3) is 11.2 Å². The van der Waals surface area contributed by atoms with Gasteiger partial charge in [0.2, 0.25) is 12.7 Å². The van der Waals surface area contributed by atoms with Gasteiger partial charge in [-0.2, -0.15) is 0 Å². The van der Waals surface area contributed by atoms with Crippen molar-refractivity contribution in [3.63, 3.8) is 0 Å². The van der Waals surface area contributed by atoms with Crippen LogP contribution in [0, 0.1) is 0 Å². The van der Waals surface area contributed by atoms with Gasteiger partial charge in [0.25, 0.3) is 5.56 Å². The molecule has 34 heavy (non-hydrogen) atoms.